The molecule has 2 heterocycles. The molecule has 126 valence electrons. The number of cyclic esters (lactones) is 1. The van der Waals surface area contributed by atoms with Crippen LogP contribution in [-0.2, 0) is 9.53 Å². The first-order valence-electron chi connectivity index (χ1n) is 8.21. The first-order valence-corrected chi connectivity index (χ1v) is 8.21. The quantitative estimate of drug-likeness (QED) is 0.764. The van der Waals surface area contributed by atoms with Gasteiger partial charge in [0.1, 0.15) is 24.5 Å². The maximum absolute atomic E-state index is 11.6. The van der Waals surface area contributed by atoms with Gasteiger partial charge in [-0.05, 0) is 12.1 Å². The van der Waals surface area contributed by atoms with Crippen LogP contribution in [0.5, 0.6) is 5.75 Å². The third-order valence-corrected chi connectivity index (χ3v) is 4.41. The highest BCUT2D eigenvalue weighted by Crippen LogP contribution is 2.16. The van der Waals surface area contributed by atoms with E-state index in [0.717, 1.165) is 38.3 Å². The van der Waals surface area contributed by atoms with Crippen molar-refractivity contribution in [3.05, 3.63) is 30.3 Å². The van der Waals surface area contributed by atoms with Crippen LogP contribution in [0.3, 0.4) is 0 Å². The third-order valence-electron chi connectivity index (χ3n) is 4.41. The summed E-state index contributed by atoms with van der Waals surface area (Å²) in [6.07, 6.45) is 0.282. The molecule has 6 heteroatoms. The van der Waals surface area contributed by atoms with Crippen LogP contribution >= 0.6 is 0 Å². The highest BCUT2D eigenvalue weighted by Gasteiger charge is 2.34. The number of esters is 1. The van der Waals surface area contributed by atoms with Gasteiger partial charge in [0.05, 0.1) is 6.61 Å². The van der Waals surface area contributed by atoms with Gasteiger partial charge in [0.2, 0.25) is 0 Å². The number of rotatable bonds is 6. The zero-order valence-electron chi connectivity index (χ0n) is 13.3. The van der Waals surface area contributed by atoms with E-state index >= 15 is 0 Å². The number of piperazine rings is 1. The van der Waals surface area contributed by atoms with Crippen LogP contribution < -0.4 is 4.74 Å². The summed E-state index contributed by atoms with van der Waals surface area (Å²) in [4.78, 5) is 16.0. The molecule has 6 nitrogen and oxygen atoms in total. The van der Waals surface area contributed by atoms with Crippen molar-refractivity contribution in [2.75, 3.05) is 45.9 Å². The van der Waals surface area contributed by atoms with Crippen molar-refractivity contribution in [2.45, 2.75) is 18.6 Å². The molecule has 2 aliphatic heterocycles. The highest BCUT2D eigenvalue weighted by molar-refractivity contribution is 5.77. The first-order chi connectivity index (χ1) is 11.2. The summed E-state index contributed by atoms with van der Waals surface area (Å²) in [5.74, 6) is 0.686. The molecule has 0 saturated carbocycles. The molecule has 0 aliphatic carbocycles. The van der Waals surface area contributed by atoms with Crippen molar-refractivity contribution in [2.24, 2.45) is 0 Å². The molecule has 2 atom stereocenters. The van der Waals surface area contributed by atoms with Crippen LogP contribution in [0, 0.1) is 0 Å². The number of β-amino-alcohol motifs (C(OH)–C–C–N with tert-alkyl or cyclic N) is 1. The SMILES string of the molecule is O=C1OCC[C@@H]1N1CCN(C[C@H](O)COc2ccccc2)CC1. The molecule has 2 fully saturated rings. The van der Waals surface area contributed by atoms with Crippen molar-refractivity contribution in [1.82, 2.24) is 9.80 Å². The van der Waals surface area contributed by atoms with E-state index in [0.29, 0.717) is 19.8 Å². The summed E-state index contributed by atoms with van der Waals surface area (Å²) in [5.41, 5.74) is 0. The van der Waals surface area contributed by atoms with Crippen LogP contribution in [-0.4, -0.2) is 79.0 Å². The second-order valence-corrected chi connectivity index (χ2v) is 6.09. The number of ether oxygens (including phenoxy) is 2. The van der Waals surface area contributed by atoms with Gasteiger partial charge in [0.15, 0.2) is 0 Å². The number of hydrogen-bond acceptors (Lipinski definition) is 6. The summed E-state index contributed by atoms with van der Waals surface area (Å²) >= 11 is 0. The number of carbonyl (C=O) groups is 1. The fourth-order valence-electron chi connectivity index (χ4n) is 3.13. The zero-order chi connectivity index (χ0) is 16.1. The van der Waals surface area contributed by atoms with Gasteiger partial charge in [-0.25, -0.2) is 0 Å². The maximum atomic E-state index is 11.6. The Labute approximate surface area is 136 Å². The molecule has 1 aromatic carbocycles. The number of carbonyl (C=O) groups excluding carboxylic acids is 1. The number of benzene rings is 1. The lowest BCUT2D eigenvalue weighted by atomic mass is 10.1. The van der Waals surface area contributed by atoms with Gasteiger partial charge >= 0.3 is 5.97 Å². The molecule has 0 spiro atoms. The Morgan fingerprint density at radius 3 is 2.61 bits per heavy atom. The molecule has 2 aliphatic rings. The lowest BCUT2D eigenvalue weighted by Gasteiger charge is -2.37. The van der Waals surface area contributed by atoms with E-state index < -0.39 is 6.10 Å². The fourth-order valence-corrected chi connectivity index (χ4v) is 3.13. The van der Waals surface area contributed by atoms with Gasteiger partial charge in [-0.3, -0.25) is 14.6 Å². The standard InChI is InChI=1S/C17H24N2O4/c20-14(13-23-15-4-2-1-3-5-15)12-18-7-9-19(10-8-18)16-6-11-22-17(16)21/h1-5,14,16,20H,6-13H2/t14-,16-/m0/s1. The highest BCUT2D eigenvalue weighted by atomic mass is 16.5. The molecule has 2 saturated heterocycles. The lowest BCUT2D eigenvalue weighted by molar-refractivity contribution is -0.142. The van der Waals surface area contributed by atoms with E-state index in [9.17, 15) is 9.90 Å². The topological polar surface area (TPSA) is 62.2 Å². The van der Waals surface area contributed by atoms with E-state index in [4.69, 9.17) is 9.47 Å². The molecule has 3 rings (SSSR count). The van der Waals surface area contributed by atoms with E-state index in [2.05, 4.69) is 9.80 Å². The summed E-state index contributed by atoms with van der Waals surface area (Å²) in [6, 6.07) is 9.45. The molecule has 0 aromatic heterocycles. The van der Waals surface area contributed by atoms with Crippen LogP contribution in [0.4, 0.5) is 0 Å². The van der Waals surface area contributed by atoms with E-state index in [1.165, 1.54) is 0 Å². The van der Waals surface area contributed by atoms with Gasteiger partial charge in [0.25, 0.3) is 0 Å². The fraction of sp³-hybridized carbons (Fsp3) is 0.588. The largest absolute Gasteiger partial charge is 0.491 e. The Bertz CT molecular complexity index is 503. The predicted molar refractivity (Wildman–Crippen MR) is 85.3 cm³/mol. The zero-order valence-corrected chi connectivity index (χ0v) is 13.3. The van der Waals surface area contributed by atoms with Gasteiger partial charge in [-0.2, -0.15) is 0 Å². The average Bonchev–Trinajstić information content (AvgIpc) is 3.01. The minimum absolute atomic E-state index is 0.0662. The summed E-state index contributed by atoms with van der Waals surface area (Å²) < 4.78 is 10.6. The summed E-state index contributed by atoms with van der Waals surface area (Å²) in [6.45, 7) is 4.81. The van der Waals surface area contributed by atoms with Crippen molar-refractivity contribution in [3.63, 3.8) is 0 Å². The lowest BCUT2D eigenvalue weighted by Crippen LogP contribution is -2.53. The van der Waals surface area contributed by atoms with Crippen LogP contribution in [0.25, 0.3) is 0 Å². The molecular weight excluding hydrogens is 296 g/mol. The predicted octanol–water partition coefficient (Wildman–Crippen LogP) is 0.359. The van der Waals surface area contributed by atoms with Gasteiger partial charge in [-0.15, -0.1) is 0 Å². The number of aliphatic hydroxyl groups is 1. The molecule has 0 amide bonds. The normalized spacial score (nSPS) is 24.4. The minimum Gasteiger partial charge on any atom is -0.491 e. The monoisotopic (exact) mass is 320 g/mol. The molecule has 1 N–H and O–H groups in total. The number of hydrogen-bond donors (Lipinski definition) is 1. The maximum Gasteiger partial charge on any atom is 0.323 e. The minimum atomic E-state index is -0.516. The van der Waals surface area contributed by atoms with Crippen molar-refractivity contribution in [3.8, 4) is 5.75 Å². The van der Waals surface area contributed by atoms with Gasteiger partial charge in [-0.1, -0.05) is 18.2 Å². The Hall–Kier alpha value is -1.63. The van der Waals surface area contributed by atoms with Crippen LogP contribution in [0.1, 0.15) is 6.42 Å². The third kappa shape index (κ3) is 4.43. The van der Waals surface area contributed by atoms with Crippen molar-refractivity contribution in [1.29, 1.82) is 0 Å². The Morgan fingerprint density at radius 2 is 1.96 bits per heavy atom. The van der Waals surface area contributed by atoms with E-state index in [-0.39, 0.29) is 12.0 Å². The van der Waals surface area contributed by atoms with E-state index in [1.807, 2.05) is 30.3 Å². The van der Waals surface area contributed by atoms with Crippen LogP contribution in [0.15, 0.2) is 30.3 Å². The molecule has 1 aromatic rings. The number of para-hydroxylation sites is 1. The second-order valence-electron chi connectivity index (χ2n) is 6.09. The van der Waals surface area contributed by atoms with Crippen molar-refractivity contribution < 1.29 is 19.4 Å². The Morgan fingerprint density at radius 1 is 1.22 bits per heavy atom. The molecule has 0 bridgehead atoms. The summed E-state index contributed by atoms with van der Waals surface area (Å²) in [7, 11) is 0. The molecule has 0 unspecified atom stereocenters. The Kier molecular flexibility index (Phi) is 5.48. The smallest absolute Gasteiger partial charge is 0.323 e. The van der Waals surface area contributed by atoms with Crippen LogP contribution in [0.2, 0.25) is 0 Å². The van der Waals surface area contributed by atoms with Gasteiger partial charge in [0, 0.05) is 39.1 Å². The summed E-state index contributed by atoms with van der Waals surface area (Å²) in [5, 5.41) is 10.1. The molecule has 23 heavy (non-hydrogen) atoms. The second kappa shape index (κ2) is 7.77. The average molecular weight is 320 g/mol. The first kappa shape index (κ1) is 16.2. The Balaban J connectivity index is 1.37. The molecular formula is C17H24N2O4. The number of aliphatic hydroxyl groups excluding tert-OH is 1. The number of nitrogens with zero attached hydrogens (tertiary/aromatic N) is 2. The van der Waals surface area contributed by atoms with Crippen molar-refractivity contribution >= 4 is 5.97 Å². The molecule has 0 radical (unpaired) electrons. The van der Waals surface area contributed by atoms with E-state index in [1.54, 1.807) is 0 Å². The van der Waals surface area contributed by atoms with Gasteiger partial charge < -0.3 is 14.6 Å².